The van der Waals surface area contributed by atoms with Crippen LogP contribution in [0.5, 0.6) is 0 Å². The number of nitrogens with zero attached hydrogens (tertiary/aromatic N) is 3. The highest BCUT2D eigenvalue weighted by Gasteiger charge is 2.17. The zero-order chi connectivity index (χ0) is 11.7. The minimum atomic E-state index is 0.776. The number of hydrogen-bond donors (Lipinski definition) is 1. The number of benzene rings is 1. The highest BCUT2D eigenvalue weighted by atomic mass is 32.1. The van der Waals surface area contributed by atoms with Gasteiger partial charge in [-0.2, -0.15) is 0 Å². The normalized spacial score (nSPS) is 15.4. The molecule has 0 atom stereocenters. The van der Waals surface area contributed by atoms with Gasteiger partial charge in [-0.15, -0.1) is 10.2 Å². The monoisotopic (exact) mass is 246 g/mol. The van der Waals surface area contributed by atoms with Gasteiger partial charge in [0.1, 0.15) is 5.01 Å². The first-order chi connectivity index (χ1) is 8.33. The maximum atomic E-state index is 5.67. The van der Waals surface area contributed by atoms with E-state index in [-0.39, 0.29) is 0 Å². The molecule has 5 heteroatoms. The van der Waals surface area contributed by atoms with E-state index >= 15 is 0 Å². The second-order valence-electron chi connectivity index (χ2n) is 4.21. The molecule has 3 rings (SSSR count). The van der Waals surface area contributed by atoms with Crippen LogP contribution >= 0.6 is 11.3 Å². The average molecular weight is 246 g/mol. The molecule has 4 nitrogen and oxygen atoms in total. The van der Waals surface area contributed by atoms with Crippen molar-refractivity contribution in [1.29, 1.82) is 0 Å². The van der Waals surface area contributed by atoms with Gasteiger partial charge in [0.15, 0.2) is 0 Å². The summed E-state index contributed by atoms with van der Waals surface area (Å²) >= 11 is 1.65. The highest BCUT2D eigenvalue weighted by Crippen LogP contribution is 2.30. The average Bonchev–Trinajstić information content (AvgIpc) is 3.00. The van der Waals surface area contributed by atoms with Crippen LogP contribution in [0.25, 0.3) is 10.6 Å². The van der Waals surface area contributed by atoms with E-state index in [1.165, 1.54) is 12.8 Å². The Kier molecular flexibility index (Phi) is 2.68. The molecule has 0 unspecified atom stereocenters. The number of anilines is 2. The Hall–Kier alpha value is -1.62. The van der Waals surface area contributed by atoms with Gasteiger partial charge in [-0.25, -0.2) is 0 Å². The molecule has 88 valence electrons. The first-order valence-corrected chi connectivity index (χ1v) is 6.59. The molecule has 2 heterocycles. The van der Waals surface area contributed by atoms with Crippen LogP contribution in [0.3, 0.4) is 0 Å². The van der Waals surface area contributed by atoms with Gasteiger partial charge < -0.3 is 10.6 Å². The lowest BCUT2D eigenvalue weighted by molar-refractivity contribution is 0.929. The molecular formula is C12H14N4S. The highest BCUT2D eigenvalue weighted by molar-refractivity contribution is 7.18. The summed E-state index contributed by atoms with van der Waals surface area (Å²) in [6, 6.07) is 7.77. The standard InChI is InChI=1S/C12H14N4S/c13-10-5-3-9(4-6-10)11-14-15-12(17-11)16-7-1-2-8-16/h3-6H,1-2,7-8,13H2. The van der Waals surface area contributed by atoms with Gasteiger partial charge in [0.25, 0.3) is 0 Å². The molecule has 0 saturated carbocycles. The predicted molar refractivity (Wildman–Crippen MR) is 71.2 cm³/mol. The van der Waals surface area contributed by atoms with E-state index < -0.39 is 0 Å². The van der Waals surface area contributed by atoms with Crippen molar-refractivity contribution in [1.82, 2.24) is 10.2 Å². The molecule has 1 saturated heterocycles. The van der Waals surface area contributed by atoms with E-state index in [1.807, 2.05) is 24.3 Å². The van der Waals surface area contributed by atoms with Crippen molar-refractivity contribution in [3.8, 4) is 10.6 Å². The lowest BCUT2D eigenvalue weighted by Gasteiger charge is -2.10. The largest absolute Gasteiger partial charge is 0.399 e. The summed E-state index contributed by atoms with van der Waals surface area (Å²) in [5, 5.41) is 10.5. The molecule has 1 aliphatic rings. The number of nitrogens with two attached hydrogens (primary N) is 1. The lowest BCUT2D eigenvalue weighted by Crippen LogP contribution is -2.17. The molecule has 0 spiro atoms. The molecular weight excluding hydrogens is 232 g/mol. The molecule has 1 aromatic carbocycles. The minimum Gasteiger partial charge on any atom is -0.399 e. The van der Waals surface area contributed by atoms with Crippen molar-refractivity contribution in [2.75, 3.05) is 23.7 Å². The van der Waals surface area contributed by atoms with Gasteiger partial charge in [0.05, 0.1) is 0 Å². The maximum Gasteiger partial charge on any atom is 0.208 e. The summed E-state index contributed by atoms with van der Waals surface area (Å²) in [6.07, 6.45) is 2.52. The molecule has 1 aromatic heterocycles. The predicted octanol–water partition coefficient (Wildman–Crippen LogP) is 2.39. The number of hydrogen-bond acceptors (Lipinski definition) is 5. The number of rotatable bonds is 2. The molecule has 2 aromatic rings. The van der Waals surface area contributed by atoms with Crippen LogP contribution < -0.4 is 10.6 Å². The van der Waals surface area contributed by atoms with Crippen LogP contribution in [-0.2, 0) is 0 Å². The summed E-state index contributed by atoms with van der Waals surface area (Å²) in [5.41, 5.74) is 7.53. The first kappa shape index (κ1) is 10.5. The van der Waals surface area contributed by atoms with Crippen LogP contribution in [0.4, 0.5) is 10.8 Å². The van der Waals surface area contributed by atoms with Gasteiger partial charge in [0, 0.05) is 24.3 Å². The third kappa shape index (κ3) is 2.10. The van der Waals surface area contributed by atoms with E-state index in [0.29, 0.717) is 0 Å². The van der Waals surface area contributed by atoms with E-state index in [2.05, 4.69) is 15.1 Å². The second-order valence-corrected chi connectivity index (χ2v) is 5.16. The molecule has 2 N–H and O–H groups in total. The topological polar surface area (TPSA) is 55.0 Å². The maximum absolute atomic E-state index is 5.67. The molecule has 0 aliphatic carbocycles. The molecule has 1 aliphatic heterocycles. The van der Waals surface area contributed by atoms with Crippen molar-refractivity contribution >= 4 is 22.2 Å². The summed E-state index contributed by atoms with van der Waals surface area (Å²) in [4.78, 5) is 2.30. The molecule has 0 radical (unpaired) electrons. The third-order valence-corrected chi connectivity index (χ3v) is 3.98. The van der Waals surface area contributed by atoms with Crippen LogP contribution in [0.2, 0.25) is 0 Å². The first-order valence-electron chi connectivity index (χ1n) is 5.77. The molecule has 17 heavy (non-hydrogen) atoms. The zero-order valence-corrected chi connectivity index (χ0v) is 10.3. The third-order valence-electron chi connectivity index (χ3n) is 2.95. The fourth-order valence-corrected chi connectivity index (χ4v) is 2.90. The van der Waals surface area contributed by atoms with Gasteiger partial charge in [-0.05, 0) is 37.1 Å². The Bertz CT molecular complexity index is 499. The fourth-order valence-electron chi connectivity index (χ4n) is 1.99. The van der Waals surface area contributed by atoms with Crippen molar-refractivity contribution in [2.45, 2.75) is 12.8 Å². The summed E-state index contributed by atoms with van der Waals surface area (Å²) in [7, 11) is 0. The Balaban J connectivity index is 1.86. The lowest BCUT2D eigenvalue weighted by atomic mass is 10.2. The molecule has 0 bridgehead atoms. The van der Waals surface area contributed by atoms with Crippen LogP contribution in [0, 0.1) is 0 Å². The molecule has 1 fully saturated rings. The Morgan fingerprint density at radius 3 is 2.47 bits per heavy atom. The molecule has 0 amide bonds. The smallest absolute Gasteiger partial charge is 0.208 e. The van der Waals surface area contributed by atoms with E-state index in [0.717, 1.165) is 34.5 Å². The van der Waals surface area contributed by atoms with Crippen molar-refractivity contribution in [3.05, 3.63) is 24.3 Å². The SMILES string of the molecule is Nc1ccc(-c2nnc(N3CCCC3)s2)cc1. The summed E-state index contributed by atoms with van der Waals surface area (Å²) in [5.74, 6) is 0. The Labute approximate surface area is 104 Å². The van der Waals surface area contributed by atoms with Gasteiger partial charge in [0.2, 0.25) is 5.13 Å². The van der Waals surface area contributed by atoms with Gasteiger partial charge >= 0.3 is 0 Å². The number of aromatic nitrogens is 2. The second kappa shape index (κ2) is 4.33. The van der Waals surface area contributed by atoms with E-state index in [1.54, 1.807) is 11.3 Å². The van der Waals surface area contributed by atoms with Crippen molar-refractivity contribution in [3.63, 3.8) is 0 Å². The fraction of sp³-hybridized carbons (Fsp3) is 0.333. The Morgan fingerprint density at radius 2 is 1.76 bits per heavy atom. The van der Waals surface area contributed by atoms with E-state index in [9.17, 15) is 0 Å². The summed E-state index contributed by atoms with van der Waals surface area (Å²) in [6.45, 7) is 2.22. The van der Waals surface area contributed by atoms with Crippen molar-refractivity contribution < 1.29 is 0 Å². The Morgan fingerprint density at radius 1 is 1.06 bits per heavy atom. The van der Waals surface area contributed by atoms with E-state index in [4.69, 9.17) is 5.73 Å². The zero-order valence-electron chi connectivity index (χ0n) is 9.47. The van der Waals surface area contributed by atoms with Crippen LogP contribution in [0.1, 0.15) is 12.8 Å². The quantitative estimate of drug-likeness (QED) is 0.827. The van der Waals surface area contributed by atoms with Crippen LogP contribution in [0.15, 0.2) is 24.3 Å². The number of nitrogen functional groups attached to an aromatic ring is 1. The van der Waals surface area contributed by atoms with Crippen LogP contribution in [-0.4, -0.2) is 23.3 Å². The van der Waals surface area contributed by atoms with Gasteiger partial charge in [-0.3, -0.25) is 0 Å². The minimum absolute atomic E-state index is 0.776. The van der Waals surface area contributed by atoms with Crippen molar-refractivity contribution in [2.24, 2.45) is 0 Å². The van der Waals surface area contributed by atoms with Gasteiger partial charge in [-0.1, -0.05) is 11.3 Å². The summed E-state index contributed by atoms with van der Waals surface area (Å²) < 4.78 is 0.